The molecule has 0 unspecified atom stereocenters. The van der Waals surface area contributed by atoms with Gasteiger partial charge in [-0.25, -0.2) is 18.7 Å². The van der Waals surface area contributed by atoms with Crippen molar-refractivity contribution in [1.29, 1.82) is 0 Å². The van der Waals surface area contributed by atoms with Gasteiger partial charge in [0.1, 0.15) is 12.2 Å². The van der Waals surface area contributed by atoms with Crippen LogP contribution in [0.15, 0.2) is 12.4 Å². The van der Waals surface area contributed by atoms with E-state index in [4.69, 9.17) is 0 Å². The van der Waals surface area contributed by atoms with Crippen molar-refractivity contribution in [3.63, 3.8) is 0 Å². The summed E-state index contributed by atoms with van der Waals surface area (Å²) in [5.74, 6) is 0.317. The average Bonchev–Trinajstić information content (AvgIpc) is 3.10. The van der Waals surface area contributed by atoms with Crippen LogP contribution in [0.2, 0.25) is 0 Å². The van der Waals surface area contributed by atoms with E-state index in [1.807, 2.05) is 4.90 Å². The predicted molar refractivity (Wildman–Crippen MR) is 99.2 cm³/mol. The third kappa shape index (κ3) is 3.68. The van der Waals surface area contributed by atoms with Crippen molar-refractivity contribution in [2.75, 3.05) is 44.2 Å². The highest BCUT2D eigenvalue weighted by atomic mass is 19.3. The van der Waals surface area contributed by atoms with Crippen LogP contribution in [-0.2, 0) is 11.3 Å². The van der Waals surface area contributed by atoms with Crippen LogP contribution in [-0.4, -0.2) is 69.8 Å². The molecule has 2 saturated heterocycles. The number of hydrogen-bond acceptors (Lipinski definition) is 6. The molecule has 0 aliphatic carbocycles. The summed E-state index contributed by atoms with van der Waals surface area (Å²) in [6, 6.07) is 0. The number of alkyl halides is 2. The summed E-state index contributed by atoms with van der Waals surface area (Å²) in [4.78, 5) is 24.7. The number of aromatic nitrogens is 4. The van der Waals surface area contributed by atoms with E-state index in [2.05, 4.69) is 20.4 Å². The SMILES string of the molecule is Cc1c(-c2cnn(CC(=O)N3CCNCC3)c2)nc(N2CCC2)nc1C(F)F. The van der Waals surface area contributed by atoms with Crippen molar-refractivity contribution in [3.05, 3.63) is 23.7 Å². The van der Waals surface area contributed by atoms with E-state index in [0.717, 1.165) is 32.6 Å². The Morgan fingerprint density at radius 2 is 1.96 bits per heavy atom. The molecule has 10 heteroatoms. The normalized spacial score (nSPS) is 17.1. The summed E-state index contributed by atoms with van der Waals surface area (Å²) in [7, 11) is 0. The smallest absolute Gasteiger partial charge is 0.280 e. The molecule has 0 atom stereocenters. The van der Waals surface area contributed by atoms with Crippen LogP contribution >= 0.6 is 0 Å². The standard InChI is InChI=1S/C18H23F2N7O/c1-12-15(23-18(26-5-2-6-26)24-16(12)17(19)20)13-9-22-27(10-13)11-14(28)25-7-3-21-4-8-25/h9-10,17,21H,2-8,11H2,1H3. The number of piperazine rings is 1. The Balaban J connectivity index is 1.58. The molecular formula is C18H23F2N7O. The van der Waals surface area contributed by atoms with Gasteiger partial charge in [0.05, 0.1) is 11.9 Å². The van der Waals surface area contributed by atoms with E-state index < -0.39 is 6.43 Å². The molecule has 2 aromatic rings. The first kappa shape index (κ1) is 18.7. The number of nitrogens with zero attached hydrogens (tertiary/aromatic N) is 6. The maximum absolute atomic E-state index is 13.5. The van der Waals surface area contributed by atoms with Crippen molar-refractivity contribution in [2.24, 2.45) is 0 Å². The Hall–Kier alpha value is -2.62. The van der Waals surface area contributed by atoms with Gasteiger partial charge in [0.2, 0.25) is 11.9 Å². The Labute approximate surface area is 161 Å². The first-order valence-electron chi connectivity index (χ1n) is 9.46. The summed E-state index contributed by atoms with van der Waals surface area (Å²) in [6.45, 7) is 6.17. The lowest BCUT2D eigenvalue weighted by atomic mass is 10.1. The number of hydrogen-bond donors (Lipinski definition) is 1. The van der Waals surface area contributed by atoms with Gasteiger partial charge in [-0.05, 0) is 13.3 Å². The van der Waals surface area contributed by atoms with E-state index in [0.29, 0.717) is 35.9 Å². The number of anilines is 1. The van der Waals surface area contributed by atoms with Crippen molar-refractivity contribution < 1.29 is 13.6 Å². The highest BCUT2D eigenvalue weighted by molar-refractivity contribution is 5.76. The third-order valence-electron chi connectivity index (χ3n) is 5.19. The van der Waals surface area contributed by atoms with Crippen LogP contribution in [0.25, 0.3) is 11.3 Å². The zero-order valence-electron chi connectivity index (χ0n) is 15.7. The van der Waals surface area contributed by atoms with Gasteiger partial charge in [0.15, 0.2) is 0 Å². The molecule has 150 valence electrons. The summed E-state index contributed by atoms with van der Waals surface area (Å²) >= 11 is 0. The Morgan fingerprint density at radius 1 is 1.21 bits per heavy atom. The average molecular weight is 391 g/mol. The zero-order valence-corrected chi connectivity index (χ0v) is 15.7. The number of amides is 1. The Morgan fingerprint density at radius 3 is 2.61 bits per heavy atom. The van der Waals surface area contributed by atoms with E-state index in [9.17, 15) is 13.6 Å². The van der Waals surface area contributed by atoms with Crippen LogP contribution in [0.3, 0.4) is 0 Å². The van der Waals surface area contributed by atoms with Gasteiger partial charge in [-0.15, -0.1) is 0 Å². The molecule has 1 N–H and O–H groups in total. The number of rotatable bonds is 5. The third-order valence-corrected chi connectivity index (χ3v) is 5.19. The zero-order chi connectivity index (χ0) is 19.7. The van der Waals surface area contributed by atoms with Crippen LogP contribution in [0.5, 0.6) is 0 Å². The van der Waals surface area contributed by atoms with Crippen LogP contribution < -0.4 is 10.2 Å². The fourth-order valence-corrected chi connectivity index (χ4v) is 3.40. The minimum atomic E-state index is -2.67. The van der Waals surface area contributed by atoms with Gasteiger partial charge in [-0.2, -0.15) is 5.10 Å². The Kier molecular flexibility index (Phi) is 5.21. The molecule has 0 radical (unpaired) electrons. The summed E-state index contributed by atoms with van der Waals surface area (Å²) < 4.78 is 28.5. The van der Waals surface area contributed by atoms with Gasteiger partial charge in [-0.1, -0.05) is 0 Å². The molecule has 0 saturated carbocycles. The quantitative estimate of drug-likeness (QED) is 0.826. The number of carbonyl (C=O) groups excluding carboxylic acids is 1. The van der Waals surface area contributed by atoms with Crippen molar-refractivity contribution >= 4 is 11.9 Å². The fraction of sp³-hybridized carbons (Fsp3) is 0.556. The van der Waals surface area contributed by atoms with Crippen molar-refractivity contribution in [1.82, 2.24) is 30.0 Å². The van der Waals surface area contributed by atoms with Gasteiger partial charge in [0.25, 0.3) is 6.43 Å². The lowest BCUT2D eigenvalue weighted by Gasteiger charge is -2.31. The van der Waals surface area contributed by atoms with Gasteiger partial charge in [-0.3, -0.25) is 9.48 Å². The van der Waals surface area contributed by atoms with E-state index in [-0.39, 0.29) is 18.1 Å². The topological polar surface area (TPSA) is 79.2 Å². The lowest BCUT2D eigenvalue weighted by Crippen LogP contribution is -2.47. The van der Waals surface area contributed by atoms with Crippen LogP contribution in [0, 0.1) is 6.92 Å². The molecular weight excluding hydrogens is 368 g/mol. The largest absolute Gasteiger partial charge is 0.341 e. The van der Waals surface area contributed by atoms with E-state index in [1.165, 1.54) is 4.68 Å². The van der Waals surface area contributed by atoms with Gasteiger partial charge in [0, 0.05) is 56.6 Å². The van der Waals surface area contributed by atoms with Crippen LogP contribution in [0.1, 0.15) is 24.1 Å². The van der Waals surface area contributed by atoms with Gasteiger partial charge >= 0.3 is 0 Å². The number of halogens is 2. The maximum Gasteiger partial charge on any atom is 0.280 e. The lowest BCUT2D eigenvalue weighted by molar-refractivity contribution is -0.132. The minimum Gasteiger partial charge on any atom is -0.341 e. The molecule has 2 aromatic heterocycles. The van der Waals surface area contributed by atoms with Crippen LogP contribution in [0.4, 0.5) is 14.7 Å². The monoisotopic (exact) mass is 391 g/mol. The molecule has 28 heavy (non-hydrogen) atoms. The first-order chi connectivity index (χ1) is 13.5. The second-order valence-corrected chi connectivity index (χ2v) is 7.08. The van der Waals surface area contributed by atoms with Crippen molar-refractivity contribution in [3.8, 4) is 11.3 Å². The van der Waals surface area contributed by atoms with Crippen molar-refractivity contribution in [2.45, 2.75) is 26.3 Å². The highest BCUT2D eigenvalue weighted by Crippen LogP contribution is 2.31. The molecule has 0 bridgehead atoms. The molecule has 0 spiro atoms. The molecule has 4 heterocycles. The second-order valence-electron chi connectivity index (χ2n) is 7.08. The first-order valence-corrected chi connectivity index (χ1v) is 9.46. The highest BCUT2D eigenvalue weighted by Gasteiger charge is 2.25. The maximum atomic E-state index is 13.5. The number of nitrogens with one attached hydrogen (secondary N) is 1. The molecule has 4 rings (SSSR count). The fourth-order valence-electron chi connectivity index (χ4n) is 3.40. The van der Waals surface area contributed by atoms with E-state index >= 15 is 0 Å². The molecule has 8 nitrogen and oxygen atoms in total. The molecule has 0 aromatic carbocycles. The summed E-state index contributed by atoms with van der Waals surface area (Å²) in [6.07, 6.45) is 1.58. The van der Waals surface area contributed by atoms with E-state index in [1.54, 1.807) is 24.2 Å². The predicted octanol–water partition coefficient (Wildman–Crippen LogP) is 1.23. The second kappa shape index (κ2) is 7.78. The molecule has 1 amide bonds. The van der Waals surface area contributed by atoms with Gasteiger partial charge < -0.3 is 15.1 Å². The minimum absolute atomic E-state index is 0.00917. The molecule has 2 aliphatic heterocycles. The number of carbonyl (C=O) groups is 1. The molecule has 2 aliphatic rings. The molecule has 2 fully saturated rings. The Bertz CT molecular complexity index is 860. The summed E-state index contributed by atoms with van der Waals surface area (Å²) in [5.41, 5.74) is 1.13. The summed E-state index contributed by atoms with van der Waals surface area (Å²) in [5, 5.41) is 7.45.